The van der Waals surface area contributed by atoms with Crippen molar-refractivity contribution in [3.05, 3.63) is 42.0 Å². The van der Waals surface area contributed by atoms with E-state index in [9.17, 15) is 5.11 Å². The molecule has 1 unspecified atom stereocenters. The number of anilines is 1. The second-order valence-electron chi connectivity index (χ2n) is 8.02. The highest BCUT2D eigenvalue weighted by Gasteiger charge is 2.19. The molecule has 2 rings (SSSR count). The molecule has 0 amide bonds. The number of β-amino-alcohol motifs (C(OH)–C–C–N with tert-alkyl or cyclic N) is 1. The van der Waals surface area contributed by atoms with Crippen molar-refractivity contribution in [3.63, 3.8) is 0 Å². The third-order valence-corrected chi connectivity index (χ3v) is 4.35. The molecule has 0 radical (unpaired) electrons. The van der Waals surface area contributed by atoms with Crippen LogP contribution in [0.25, 0.3) is 0 Å². The number of benzene rings is 1. The number of hydrogen-bond acceptors (Lipinski definition) is 8. The Bertz CT molecular complexity index is 805. The molecule has 164 valence electrons. The fourth-order valence-corrected chi connectivity index (χ4v) is 2.48. The molecule has 8 nitrogen and oxygen atoms in total. The molecule has 0 fully saturated rings. The molecule has 0 spiro atoms. The number of aliphatic hydroxyl groups is 1. The van der Waals surface area contributed by atoms with E-state index in [1.54, 1.807) is 12.1 Å². The van der Waals surface area contributed by atoms with Crippen molar-refractivity contribution in [3.8, 4) is 11.6 Å². The Hall–Kier alpha value is -2.71. The maximum Gasteiger partial charge on any atom is 0.233 e. The third-order valence-electron chi connectivity index (χ3n) is 4.35. The first-order chi connectivity index (χ1) is 14.2. The highest BCUT2D eigenvalue weighted by Crippen LogP contribution is 2.16. The number of ether oxygens (including phenoxy) is 2. The van der Waals surface area contributed by atoms with Gasteiger partial charge < -0.3 is 19.9 Å². The second kappa shape index (κ2) is 11.5. The minimum Gasteiger partial charge on any atom is -0.491 e. The Labute approximate surface area is 178 Å². The first-order valence-electron chi connectivity index (χ1n) is 10.1. The van der Waals surface area contributed by atoms with Crippen molar-refractivity contribution < 1.29 is 14.6 Å². The summed E-state index contributed by atoms with van der Waals surface area (Å²) in [7, 11) is 0. The number of aryl methyl sites for hydroxylation is 1. The van der Waals surface area contributed by atoms with Crippen LogP contribution in [-0.4, -0.2) is 52.4 Å². The summed E-state index contributed by atoms with van der Waals surface area (Å²) < 4.78 is 11.4. The van der Waals surface area contributed by atoms with E-state index in [0.29, 0.717) is 24.8 Å². The van der Waals surface area contributed by atoms with E-state index < -0.39 is 6.10 Å². The van der Waals surface area contributed by atoms with Crippen LogP contribution in [-0.2, 0) is 0 Å². The van der Waals surface area contributed by atoms with E-state index in [2.05, 4.69) is 39.9 Å². The van der Waals surface area contributed by atoms with E-state index in [1.165, 1.54) is 0 Å². The summed E-state index contributed by atoms with van der Waals surface area (Å²) in [6.45, 7) is 11.0. The predicted octanol–water partition coefficient (Wildman–Crippen LogP) is 3.17. The summed E-state index contributed by atoms with van der Waals surface area (Å²) >= 11 is 0. The van der Waals surface area contributed by atoms with E-state index >= 15 is 0 Å². The van der Waals surface area contributed by atoms with Gasteiger partial charge in [-0.1, -0.05) is 18.2 Å². The normalized spacial score (nSPS) is 12.2. The van der Waals surface area contributed by atoms with E-state index in [1.807, 2.05) is 45.0 Å². The van der Waals surface area contributed by atoms with Crippen LogP contribution in [0, 0.1) is 6.92 Å². The zero-order valence-corrected chi connectivity index (χ0v) is 18.5. The van der Waals surface area contributed by atoms with E-state index in [0.717, 1.165) is 23.4 Å². The van der Waals surface area contributed by atoms with Gasteiger partial charge in [0.15, 0.2) is 5.82 Å². The quantitative estimate of drug-likeness (QED) is 0.361. The smallest absolute Gasteiger partial charge is 0.233 e. The molecule has 0 aliphatic carbocycles. The molecule has 1 atom stereocenters. The summed E-state index contributed by atoms with van der Waals surface area (Å²) in [5.74, 6) is 1.82. The number of hydrazone groups is 1. The molecule has 8 heteroatoms. The number of aliphatic hydroxyl groups excluding tert-OH is 1. The number of para-hydroxylation sites is 1. The Morgan fingerprint density at radius 1 is 1.13 bits per heavy atom. The van der Waals surface area contributed by atoms with Crippen LogP contribution in [0.4, 0.5) is 5.82 Å². The monoisotopic (exact) mass is 415 g/mol. The zero-order chi connectivity index (χ0) is 22.0. The number of rotatable bonds is 12. The van der Waals surface area contributed by atoms with Crippen molar-refractivity contribution in [1.29, 1.82) is 0 Å². The Morgan fingerprint density at radius 3 is 2.57 bits per heavy atom. The molecule has 0 saturated carbocycles. The molecule has 0 aliphatic heterocycles. The maximum absolute atomic E-state index is 10.2. The summed E-state index contributed by atoms with van der Waals surface area (Å²) in [6, 6.07) is 11.3. The lowest BCUT2D eigenvalue weighted by atomic mass is 10.0. The van der Waals surface area contributed by atoms with Crippen molar-refractivity contribution in [2.24, 2.45) is 5.10 Å². The van der Waals surface area contributed by atoms with Crippen LogP contribution in [0.1, 0.15) is 39.7 Å². The molecule has 1 aromatic heterocycles. The van der Waals surface area contributed by atoms with Gasteiger partial charge in [0.25, 0.3) is 0 Å². The largest absolute Gasteiger partial charge is 0.491 e. The number of aromatic nitrogens is 2. The van der Waals surface area contributed by atoms with Gasteiger partial charge in [-0.3, -0.25) is 5.43 Å². The fourth-order valence-electron chi connectivity index (χ4n) is 2.48. The minimum absolute atomic E-state index is 0.216. The lowest BCUT2D eigenvalue weighted by molar-refractivity contribution is 0.0961. The van der Waals surface area contributed by atoms with Crippen LogP contribution >= 0.6 is 0 Å². The van der Waals surface area contributed by atoms with Crippen LogP contribution < -0.4 is 20.2 Å². The van der Waals surface area contributed by atoms with Crippen molar-refractivity contribution >= 4 is 11.5 Å². The molecule has 3 N–H and O–H groups in total. The highest BCUT2D eigenvalue weighted by molar-refractivity contribution is 5.79. The van der Waals surface area contributed by atoms with Gasteiger partial charge in [-0.2, -0.15) is 5.10 Å². The second-order valence-corrected chi connectivity index (χ2v) is 8.02. The van der Waals surface area contributed by atoms with Crippen LogP contribution in [0.15, 0.2) is 41.5 Å². The Kier molecular flexibility index (Phi) is 9.01. The first-order valence-corrected chi connectivity index (χ1v) is 10.1. The maximum atomic E-state index is 10.2. The summed E-state index contributed by atoms with van der Waals surface area (Å²) in [6.07, 6.45) is 0.129. The standard InChI is InChI=1S/C22H33N5O3/c1-16(2)24-25-20-10-11-21(27-26-20)29-13-12-22(4,5)23-14-18(28)15-30-19-9-7-6-8-17(19)3/h6-11,18,23,28H,12-15H2,1-5H3,(H,25,26). The summed E-state index contributed by atoms with van der Waals surface area (Å²) in [5.41, 5.74) is 4.55. The van der Waals surface area contributed by atoms with Gasteiger partial charge >= 0.3 is 0 Å². The lowest BCUT2D eigenvalue weighted by Gasteiger charge is -2.27. The van der Waals surface area contributed by atoms with Gasteiger partial charge in [-0.15, -0.1) is 10.2 Å². The number of nitrogens with one attached hydrogen (secondary N) is 2. The molecule has 0 bridgehead atoms. The molecule has 30 heavy (non-hydrogen) atoms. The lowest BCUT2D eigenvalue weighted by Crippen LogP contribution is -2.45. The van der Waals surface area contributed by atoms with Crippen LogP contribution in [0.3, 0.4) is 0 Å². The molecule has 0 saturated heterocycles. The fraction of sp³-hybridized carbons (Fsp3) is 0.500. The van der Waals surface area contributed by atoms with E-state index in [-0.39, 0.29) is 12.1 Å². The van der Waals surface area contributed by atoms with Crippen LogP contribution in [0.2, 0.25) is 0 Å². The summed E-state index contributed by atoms with van der Waals surface area (Å²) in [4.78, 5) is 0. The van der Waals surface area contributed by atoms with Gasteiger partial charge in [0.1, 0.15) is 18.5 Å². The molecular formula is C22H33N5O3. The minimum atomic E-state index is -0.606. The topological polar surface area (TPSA) is 101 Å². The van der Waals surface area contributed by atoms with Crippen LogP contribution in [0.5, 0.6) is 11.6 Å². The molecule has 0 aliphatic rings. The van der Waals surface area contributed by atoms with Crippen molar-refractivity contribution in [1.82, 2.24) is 15.5 Å². The van der Waals surface area contributed by atoms with Gasteiger partial charge in [-0.05, 0) is 58.7 Å². The molecule has 1 aromatic carbocycles. The number of nitrogens with zero attached hydrogens (tertiary/aromatic N) is 3. The van der Waals surface area contributed by atoms with Gasteiger partial charge in [-0.25, -0.2) is 0 Å². The van der Waals surface area contributed by atoms with Crippen molar-refractivity contribution in [2.75, 3.05) is 25.2 Å². The molecule has 1 heterocycles. The summed E-state index contributed by atoms with van der Waals surface area (Å²) in [5, 5.41) is 25.7. The van der Waals surface area contributed by atoms with Gasteiger partial charge in [0.05, 0.1) is 6.61 Å². The zero-order valence-electron chi connectivity index (χ0n) is 18.5. The number of hydrogen-bond donors (Lipinski definition) is 3. The SMILES string of the molecule is CC(C)=NNc1ccc(OCCC(C)(C)NCC(O)COc2ccccc2C)nn1. The average Bonchev–Trinajstić information content (AvgIpc) is 2.71. The third kappa shape index (κ3) is 8.75. The predicted molar refractivity (Wildman–Crippen MR) is 119 cm³/mol. The Morgan fingerprint density at radius 2 is 1.90 bits per heavy atom. The highest BCUT2D eigenvalue weighted by atomic mass is 16.5. The Balaban J connectivity index is 1.68. The van der Waals surface area contributed by atoms with Gasteiger partial charge in [0.2, 0.25) is 5.88 Å². The first kappa shape index (κ1) is 23.6. The molecular weight excluding hydrogens is 382 g/mol. The van der Waals surface area contributed by atoms with E-state index in [4.69, 9.17) is 9.47 Å². The van der Waals surface area contributed by atoms with Gasteiger partial charge in [0, 0.05) is 23.9 Å². The van der Waals surface area contributed by atoms with Crippen molar-refractivity contribution in [2.45, 2.75) is 52.7 Å². The average molecular weight is 416 g/mol. The molecule has 2 aromatic rings.